The van der Waals surface area contributed by atoms with Crippen LogP contribution < -0.4 is 5.32 Å². The molecule has 29 heavy (non-hydrogen) atoms. The van der Waals surface area contributed by atoms with Crippen LogP contribution in [0.2, 0.25) is 0 Å². The lowest BCUT2D eigenvalue weighted by Gasteiger charge is -2.47. The van der Waals surface area contributed by atoms with Crippen LogP contribution in [0.1, 0.15) is 24.3 Å². The van der Waals surface area contributed by atoms with Gasteiger partial charge in [0.1, 0.15) is 24.4 Å². The Morgan fingerprint density at radius 1 is 1.10 bits per heavy atom. The van der Waals surface area contributed by atoms with Gasteiger partial charge in [-0.05, 0) is 5.56 Å². The predicted octanol–water partition coefficient (Wildman–Crippen LogP) is 1.91. The lowest BCUT2D eigenvalue weighted by molar-refractivity contribution is -0.345. The zero-order valence-electron chi connectivity index (χ0n) is 16.1. The molecule has 6 atom stereocenters. The second kappa shape index (κ2) is 9.02. The van der Waals surface area contributed by atoms with Crippen molar-refractivity contribution in [2.24, 2.45) is 0 Å². The summed E-state index contributed by atoms with van der Waals surface area (Å²) >= 11 is 0. The summed E-state index contributed by atoms with van der Waals surface area (Å²) < 4.78 is 23.8. The molecule has 7 heteroatoms. The minimum atomic E-state index is -1.01. The summed E-state index contributed by atoms with van der Waals surface area (Å²) in [5, 5.41) is 13.7. The van der Waals surface area contributed by atoms with Gasteiger partial charge in [0, 0.05) is 12.5 Å². The number of carbonyl (C=O) groups is 1. The molecule has 2 aromatic rings. The molecule has 2 saturated heterocycles. The number of aliphatic hydroxyl groups is 1. The molecule has 2 N–H and O–H groups in total. The van der Waals surface area contributed by atoms with E-state index in [2.05, 4.69) is 5.32 Å². The topological polar surface area (TPSA) is 86.3 Å². The van der Waals surface area contributed by atoms with E-state index in [9.17, 15) is 9.90 Å². The molecule has 0 aromatic heterocycles. The molecule has 1 amide bonds. The molecule has 2 aliphatic heterocycles. The molecule has 2 heterocycles. The Hall–Kier alpha value is -2.29. The SMILES string of the molecule is CC(=O)N[C@H]1[C@H](OCc2ccccc2)O[C@@H]2COC(c3ccccc3)O[C@H]2[C@H]1O. The van der Waals surface area contributed by atoms with Crippen LogP contribution in [0.5, 0.6) is 0 Å². The molecule has 0 radical (unpaired) electrons. The third kappa shape index (κ3) is 4.66. The Labute approximate surface area is 169 Å². The van der Waals surface area contributed by atoms with Crippen LogP contribution in [0.4, 0.5) is 0 Å². The van der Waals surface area contributed by atoms with E-state index < -0.39 is 36.9 Å². The van der Waals surface area contributed by atoms with Gasteiger partial charge in [-0.25, -0.2) is 0 Å². The third-order valence-electron chi connectivity index (χ3n) is 5.06. The molecule has 7 nitrogen and oxygen atoms in total. The first-order chi connectivity index (χ1) is 14.1. The maximum Gasteiger partial charge on any atom is 0.217 e. The zero-order chi connectivity index (χ0) is 20.2. The quantitative estimate of drug-likeness (QED) is 0.799. The molecular weight excluding hydrogens is 374 g/mol. The maximum absolute atomic E-state index is 11.7. The molecule has 2 aromatic carbocycles. The van der Waals surface area contributed by atoms with Crippen LogP contribution in [0.25, 0.3) is 0 Å². The Kier molecular flexibility index (Phi) is 6.22. The minimum absolute atomic E-state index is 0.249. The van der Waals surface area contributed by atoms with Crippen LogP contribution in [0.3, 0.4) is 0 Å². The number of fused-ring (bicyclic) bond motifs is 1. The summed E-state index contributed by atoms with van der Waals surface area (Å²) in [6, 6.07) is 18.4. The average molecular weight is 399 g/mol. The van der Waals surface area contributed by atoms with Crippen molar-refractivity contribution in [3.63, 3.8) is 0 Å². The lowest BCUT2D eigenvalue weighted by Crippen LogP contribution is -2.66. The van der Waals surface area contributed by atoms with Gasteiger partial charge in [-0.15, -0.1) is 0 Å². The Morgan fingerprint density at radius 2 is 1.79 bits per heavy atom. The highest BCUT2D eigenvalue weighted by atomic mass is 16.7. The van der Waals surface area contributed by atoms with E-state index in [4.69, 9.17) is 18.9 Å². The number of amides is 1. The lowest BCUT2D eigenvalue weighted by atomic mass is 9.95. The average Bonchev–Trinajstić information content (AvgIpc) is 2.75. The summed E-state index contributed by atoms with van der Waals surface area (Å²) in [7, 11) is 0. The maximum atomic E-state index is 11.7. The molecule has 154 valence electrons. The molecular formula is C22H25NO6. The van der Waals surface area contributed by atoms with Crippen LogP contribution in [-0.2, 0) is 30.3 Å². The van der Waals surface area contributed by atoms with Crippen molar-refractivity contribution in [2.75, 3.05) is 6.61 Å². The van der Waals surface area contributed by atoms with Gasteiger partial charge >= 0.3 is 0 Å². The van der Waals surface area contributed by atoms with Crippen molar-refractivity contribution >= 4 is 5.91 Å². The first-order valence-electron chi connectivity index (χ1n) is 9.70. The monoisotopic (exact) mass is 399 g/mol. The van der Waals surface area contributed by atoms with Gasteiger partial charge in [-0.1, -0.05) is 60.7 Å². The number of aliphatic hydroxyl groups excluding tert-OH is 1. The molecule has 0 spiro atoms. The van der Waals surface area contributed by atoms with E-state index in [0.717, 1.165) is 11.1 Å². The van der Waals surface area contributed by atoms with Crippen molar-refractivity contribution in [1.82, 2.24) is 5.32 Å². The summed E-state index contributed by atoms with van der Waals surface area (Å²) in [6.45, 7) is 1.93. The first-order valence-corrected chi connectivity index (χ1v) is 9.70. The van der Waals surface area contributed by atoms with Gasteiger partial charge in [-0.3, -0.25) is 4.79 Å². The van der Waals surface area contributed by atoms with Gasteiger partial charge in [0.15, 0.2) is 12.6 Å². The van der Waals surface area contributed by atoms with Crippen molar-refractivity contribution in [1.29, 1.82) is 0 Å². The normalized spacial score (nSPS) is 31.7. The van der Waals surface area contributed by atoms with E-state index >= 15 is 0 Å². The fourth-order valence-electron chi connectivity index (χ4n) is 3.65. The Bertz CT molecular complexity index is 801. The molecule has 2 aliphatic rings. The number of hydrogen-bond acceptors (Lipinski definition) is 6. The van der Waals surface area contributed by atoms with Gasteiger partial charge in [0.05, 0.1) is 13.2 Å². The van der Waals surface area contributed by atoms with Gasteiger partial charge in [-0.2, -0.15) is 0 Å². The first kappa shape index (κ1) is 20.0. The molecule has 2 fully saturated rings. The van der Waals surface area contributed by atoms with Gasteiger partial charge < -0.3 is 29.4 Å². The number of nitrogens with one attached hydrogen (secondary N) is 1. The zero-order valence-corrected chi connectivity index (χ0v) is 16.1. The summed E-state index contributed by atoms with van der Waals surface area (Å²) in [5.41, 5.74) is 1.83. The molecule has 0 aliphatic carbocycles. The van der Waals surface area contributed by atoms with Crippen LogP contribution in [-0.4, -0.2) is 48.3 Å². The van der Waals surface area contributed by atoms with Crippen molar-refractivity contribution < 1.29 is 28.8 Å². The van der Waals surface area contributed by atoms with Crippen LogP contribution in [0, 0.1) is 0 Å². The van der Waals surface area contributed by atoms with Crippen molar-refractivity contribution in [3.05, 3.63) is 71.8 Å². The fourth-order valence-corrected chi connectivity index (χ4v) is 3.65. The van der Waals surface area contributed by atoms with Gasteiger partial charge in [0.25, 0.3) is 0 Å². The summed E-state index contributed by atoms with van der Waals surface area (Å²) in [6.07, 6.45) is -3.59. The van der Waals surface area contributed by atoms with E-state index in [1.54, 1.807) is 0 Å². The largest absolute Gasteiger partial charge is 0.388 e. The van der Waals surface area contributed by atoms with Crippen molar-refractivity contribution in [3.8, 4) is 0 Å². The second-order valence-electron chi connectivity index (χ2n) is 7.23. The molecule has 1 unspecified atom stereocenters. The third-order valence-corrected chi connectivity index (χ3v) is 5.06. The van der Waals surface area contributed by atoms with Crippen molar-refractivity contribution in [2.45, 2.75) is 50.5 Å². The standard InChI is InChI=1S/C22H25NO6/c1-14(24)23-18-19(25)20-17(13-27-21(29-20)16-10-6-3-7-11-16)28-22(18)26-12-15-8-4-2-5-9-15/h2-11,17-22,25H,12-13H2,1H3,(H,23,24)/t17-,18-,19+,20-,21?,22-/m1/s1. The van der Waals surface area contributed by atoms with Gasteiger partial charge in [0.2, 0.25) is 5.91 Å². The number of ether oxygens (including phenoxy) is 4. The fraction of sp³-hybridized carbons (Fsp3) is 0.409. The second-order valence-corrected chi connectivity index (χ2v) is 7.23. The summed E-state index contributed by atoms with van der Waals surface area (Å²) in [4.78, 5) is 11.7. The Balaban J connectivity index is 1.48. The molecule has 0 saturated carbocycles. The Morgan fingerprint density at radius 3 is 2.48 bits per heavy atom. The number of benzene rings is 2. The van der Waals surface area contributed by atoms with E-state index in [1.165, 1.54) is 6.92 Å². The molecule has 0 bridgehead atoms. The van der Waals surface area contributed by atoms with Crippen LogP contribution >= 0.6 is 0 Å². The summed E-state index contributed by atoms with van der Waals surface area (Å²) in [5.74, 6) is -0.281. The van der Waals surface area contributed by atoms with Crippen LogP contribution in [0.15, 0.2) is 60.7 Å². The predicted molar refractivity (Wildman–Crippen MR) is 104 cm³/mol. The van der Waals surface area contributed by atoms with E-state index in [0.29, 0.717) is 6.61 Å². The number of hydrogen-bond donors (Lipinski definition) is 2. The highest BCUT2D eigenvalue weighted by Crippen LogP contribution is 2.34. The number of carbonyl (C=O) groups excluding carboxylic acids is 1. The highest BCUT2D eigenvalue weighted by molar-refractivity contribution is 5.73. The minimum Gasteiger partial charge on any atom is -0.388 e. The highest BCUT2D eigenvalue weighted by Gasteiger charge is 2.50. The smallest absolute Gasteiger partial charge is 0.217 e. The van der Waals surface area contributed by atoms with E-state index in [-0.39, 0.29) is 12.5 Å². The van der Waals surface area contributed by atoms with E-state index in [1.807, 2.05) is 60.7 Å². The number of rotatable bonds is 5. The molecule has 4 rings (SSSR count).